The number of nitrogens with two attached hydrogens (primary N) is 1. The zero-order valence-electron chi connectivity index (χ0n) is 13.7. The molecular formula is C18H23IN4O. The Morgan fingerprint density at radius 2 is 1.71 bits per heavy atom. The molecule has 0 aliphatic carbocycles. The van der Waals surface area contributed by atoms with E-state index < -0.39 is 0 Å². The van der Waals surface area contributed by atoms with Crippen molar-refractivity contribution in [1.29, 1.82) is 0 Å². The first-order valence-corrected chi connectivity index (χ1v) is 7.58. The average molecular weight is 438 g/mol. The number of hydrogen-bond acceptors (Lipinski definition) is 2. The molecule has 128 valence electrons. The third-order valence-corrected chi connectivity index (χ3v) is 3.44. The summed E-state index contributed by atoms with van der Waals surface area (Å²) >= 11 is 0. The van der Waals surface area contributed by atoms with Crippen molar-refractivity contribution in [1.82, 2.24) is 10.6 Å². The normalized spacial score (nSPS) is 10.6. The Morgan fingerprint density at radius 3 is 2.33 bits per heavy atom. The number of nitrogens with zero attached hydrogens (tertiary/aromatic N) is 1. The summed E-state index contributed by atoms with van der Waals surface area (Å²) in [5, 5.41) is 5.69. The van der Waals surface area contributed by atoms with Crippen LogP contribution in [0.15, 0.2) is 59.6 Å². The van der Waals surface area contributed by atoms with Gasteiger partial charge in [-0.1, -0.05) is 42.5 Å². The van der Waals surface area contributed by atoms with Crippen LogP contribution in [0.1, 0.15) is 21.5 Å². The number of hydrogen-bond donors (Lipinski definition) is 3. The second-order valence-electron chi connectivity index (χ2n) is 5.14. The van der Waals surface area contributed by atoms with Crippen LogP contribution in [0.25, 0.3) is 0 Å². The highest BCUT2D eigenvalue weighted by molar-refractivity contribution is 14.0. The largest absolute Gasteiger partial charge is 0.370 e. The van der Waals surface area contributed by atoms with Crippen molar-refractivity contribution in [2.45, 2.75) is 13.0 Å². The Balaban J connectivity index is 0.00000288. The second-order valence-corrected chi connectivity index (χ2v) is 5.14. The smallest absolute Gasteiger partial charge is 0.251 e. The number of aliphatic imine (C=N–C) groups is 1. The van der Waals surface area contributed by atoms with E-state index in [9.17, 15) is 4.79 Å². The van der Waals surface area contributed by atoms with Gasteiger partial charge in [0.25, 0.3) is 5.91 Å². The van der Waals surface area contributed by atoms with E-state index in [0.29, 0.717) is 18.1 Å². The third kappa shape index (κ3) is 6.57. The van der Waals surface area contributed by atoms with Crippen LogP contribution in [0, 0.1) is 0 Å². The fourth-order valence-electron chi connectivity index (χ4n) is 2.12. The van der Waals surface area contributed by atoms with Gasteiger partial charge in [-0.05, 0) is 29.7 Å². The first-order valence-electron chi connectivity index (χ1n) is 7.58. The molecular weight excluding hydrogens is 415 g/mol. The van der Waals surface area contributed by atoms with Crippen LogP contribution in [-0.2, 0) is 13.0 Å². The average Bonchev–Trinajstić information content (AvgIpc) is 2.60. The monoisotopic (exact) mass is 438 g/mol. The van der Waals surface area contributed by atoms with E-state index in [1.165, 1.54) is 5.56 Å². The number of carbonyl (C=O) groups excluding carboxylic acids is 1. The number of halogens is 1. The summed E-state index contributed by atoms with van der Waals surface area (Å²) in [6, 6.07) is 17.5. The molecule has 6 heteroatoms. The molecule has 0 aromatic heterocycles. The molecule has 0 heterocycles. The maximum Gasteiger partial charge on any atom is 0.251 e. The quantitative estimate of drug-likeness (QED) is 0.368. The fraction of sp³-hybridized carbons (Fsp3) is 0.222. The van der Waals surface area contributed by atoms with Crippen molar-refractivity contribution in [2.75, 3.05) is 13.6 Å². The van der Waals surface area contributed by atoms with Crippen LogP contribution in [-0.4, -0.2) is 25.5 Å². The van der Waals surface area contributed by atoms with E-state index in [1.54, 1.807) is 19.2 Å². The van der Waals surface area contributed by atoms with Crippen LogP contribution in [0.2, 0.25) is 0 Å². The number of nitrogens with one attached hydrogen (secondary N) is 2. The lowest BCUT2D eigenvalue weighted by Gasteiger charge is -2.06. The van der Waals surface area contributed by atoms with E-state index in [4.69, 9.17) is 5.73 Å². The highest BCUT2D eigenvalue weighted by atomic mass is 127. The summed E-state index contributed by atoms with van der Waals surface area (Å²) in [6.07, 6.45) is 0.901. The number of benzene rings is 2. The molecule has 0 radical (unpaired) electrons. The molecule has 0 fully saturated rings. The van der Waals surface area contributed by atoms with Gasteiger partial charge in [-0.15, -0.1) is 24.0 Å². The maximum atomic E-state index is 11.5. The minimum absolute atomic E-state index is 0. The minimum atomic E-state index is -0.0952. The number of rotatable bonds is 6. The Labute approximate surface area is 159 Å². The first kappa shape index (κ1) is 20.0. The van der Waals surface area contributed by atoms with Crippen LogP contribution < -0.4 is 16.4 Å². The maximum absolute atomic E-state index is 11.5. The molecule has 1 amide bonds. The van der Waals surface area contributed by atoms with Crippen LogP contribution in [0.3, 0.4) is 0 Å². The van der Waals surface area contributed by atoms with Gasteiger partial charge >= 0.3 is 0 Å². The van der Waals surface area contributed by atoms with Gasteiger partial charge in [0.2, 0.25) is 0 Å². The van der Waals surface area contributed by atoms with E-state index in [0.717, 1.165) is 18.5 Å². The summed E-state index contributed by atoms with van der Waals surface area (Å²) in [5.41, 5.74) is 8.76. The van der Waals surface area contributed by atoms with Gasteiger partial charge < -0.3 is 16.4 Å². The molecule has 0 unspecified atom stereocenters. The number of carbonyl (C=O) groups is 1. The highest BCUT2D eigenvalue weighted by Crippen LogP contribution is 2.05. The summed E-state index contributed by atoms with van der Waals surface area (Å²) in [4.78, 5) is 15.8. The highest BCUT2D eigenvalue weighted by Gasteiger charge is 2.02. The molecule has 2 aromatic carbocycles. The van der Waals surface area contributed by atoms with Gasteiger partial charge in [0.15, 0.2) is 5.96 Å². The van der Waals surface area contributed by atoms with E-state index in [-0.39, 0.29) is 29.9 Å². The van der Waals surface area contributed by atoms with Crippen LogP contribution in [0.4, 0.5) is 0 Å². The lowest BCUT2D eigenvalue weighted by atomic mass is 10.1. The summed E-state index contributed by atoms with van der Waals surface area (Å²) in [6.45, 7) is 1.23. The van der Waals surface area contributed by atoms with Gasteiger partial charge in [0, 0.05) is 19.2 Å². The molecule has 4 N–H and O–H groups in total. The number of guanidine groups is 1. The van der Waals surface area contributed by atoms with Gasteiger partial charge in [-0.25, -0.2) is 4.99 Å². The van der Waals surface area contributed by atoms with E-state index in [2.05, 4.69) is 27.8 Å². The van der Waals surface area contributed by atoms with Gasteiger partial charge in [-0.2, -0.15) is 0 Å². The zero-order valence-corrected chi connectivity index (χ0v) is 16.0. The molecule has 0 bridgehead atoms. The fourth-order valence-corrected chi connectivity index (χ4v) is 2.12. The van der Waals surface area contributed by atoms with E-state index in [1.807, 2.05) is 30.3 Å². The molecule has 2 rings (SSSR count). The molecule has 0 saturated carbocycles. The minimum Gasteiger partial charge on any atom is -0.370 e. The number of amides is 1. The van der Waals surface area contributed by atoms with Gasteiger partial charge in [-0.3, -0.25) is 4.79 Å². The Bertz CT molecular complexity index is 656. The Hall–Kier alpha value is -2.09. The van der Waals surface area contributed by atoms with Crippen LogP contribution >= 0.6 is 24.0 Å². The molecule has 24 heavy (non-hydrogen) atoms. The molecule has 0 spiro atoms. The van der Waals surface area contributed by atoms with E-state index >= 15 is 0 Å². The molecule has 0 saturated heterocycles. The molecule has 0 aliphatic rings. The Kier molecular flexibility index (Phi) is 8.85. The molecule has 2 aromatic rings. The van der Waals surface area contributed by atoms with Crippen molar-refractivity contribution < 1.29 is 4.79 Å². The summed E-state index contributed by atoms with van der Waals surface area (Å²) < 4.78 is 0. The van der Waals surface area contributed by atoms with Crippen molar-refractivity contribution >= 4 is 35.8 Å². The third-order valence-electron chi connectivity index (χ3n) is 3.44. The van der Waals surface area contributed by atoms with Crippen molar-refractivity contribution in [3.8, 4) is 0 Å². The van der Waals surface area contributed by atoms with Crippen molar-refractivity contribution in [2.24, 2.45) is 10.7 Å². The first-order chi connectivity index (χ1) is 11.2. The summed E-state index contributed by atoms with van der Waals surface area (Å²) in [7, 11) is 1.61. The lowest BCUT2D eigenvalue weighted by Crippen LogP contribution is -2.33. The molecule has 0 aliphatic heterocycles. The lowest BCUT2D eigenvalue weighted by molar-refractivity contribution is 0.0963. The van der Waals surface area contributed by atoms with Crippen molar-refractivity contribution in [3.63, 3.8) is 0 Å². The zero-order chi connectivity index (χ0) is 16.5. The molecule has 0 atom stereocenters. The topological polar surface area (TPSA) is 79.5 Å². The predicted molar refractivity (Wildman–Crippen MR) is 109 cm³/mol. The van der Waals surface area contributed by atoms with Crippen molar-refractivity contribution in [3.05, 3.63) is 71.3 Å². The van der Waals surface area contributed by atoms with Gasteiger partial charge in [0.05, 0.1) is 6.54 Å². The standard InChI is InChI=1S/C18H22N4O.HI/c1-20-17(23)16-9-7-15(8-10-16)13-22-18(19)21-12-11-14-5-3-2-4-6-14;/h2-10H,11-13H2,1H3,(H,20,23)(H3,19,21,22);1H. The van der Waals surface area contributed by atoms with Gasteiger partial charge in [0.1, 0.15) is 0 Å². The molecule has 5 nitrogen and oxygen atoms in total. The Morgan fingerprint density at radius 1 is 1.04 bits per heavy atom. The SMILES string of the molecule is CNC(=O)c1ccc(CN=C(N)NCCc2ccccc2)cc1.I. The predicted octanol–water partition coefficient (Wildman–Crippen LogP) is 2.31. The van der Waals surface area contributed by atoms with Crippen LogP contribution in [0.5, 0.6) is 0 Å². The second kappa shape index (κ2) is 10.6. The summed E-state index contributed by atoms with van der Waals surface area (Å²) in [5.74, 6) is 0.332.